The molecule has 4 rings (SSSR count). The molecule has 0 bridgehead atoms. The van der Waals surface area contributed by atoms with Gasteiger partial charge < -0.3 is 10.2 Å². The maximum absolute atomic E-state index is 12.7. The topological polar surface area (TPSA) is 62.3 Å². The van der Waals surface area contributed by atoms with Crippen LogP contribution in [-0.4, -0.2) is 23.3 Å². The number of fused-ring (bicyclic) bond motifs is 1. The van der Waals surface area contributed by atoms with Gasteiger partial charge in [-0.25, -0.2) is 0 Å². The number of nitrogens with zero attached hydrogens (tertiary/aromatic N) is 2. The third-order valence-corrected chi connectivity index (χ3v) is 4.77. The lowest BCUT2D eigenvalue weighted by molar-refractivity contribution is -0.126. The average molecular weight is 321 g/mol. The standard InChI is InChI=1S/C19H19N3O2/c23-18(21-12-14-6-3-4-9-20-14)15-11-16(15)19(24)22-10-8-13-5-1-2-7-17(13)22/h1-7,9,15-16H,8,10-12H2,(H,21,23). The Kier molecular flexibility index (Phi) is 3.76. The van der Waals surface area contributed by atoms with E-state index in [9.17, 15) is 9.59 Å². The van der Waals surface area contributed by atoms with Gasteiger partial charge in [-0.1, -0.05) is 24.3 Å². The first-order valence-corrected chi connectivity index (χ1v) is 8.31. The highest BCUT2D eigenvalue weighted by molar-refractivity contribution is 6.02. The molecule has 2 unspecified atom stereocenters. The molecule has 0 spiro atoms. The zero-order valence-electron chi connectivity index (χ0n) is 13.3. The molecule has 2 aliphatic rings. The molecule has 1 aliphatic heterocycles. The summed E-state index contributed by atoms with van der Waals surface area (Å²) in [5.41, 5.74) is 3.03. The Balaban J connectivity index is 1.35. The highest BCUT2D eigenvalue weighted by atomic mass is 16.2. The normalized spacial score (nSPS) is 21.2. The van der Waals surface area contributed by atoms with Gasteiger partial charge in [0.1, 0.15) is 0 Å². The van der Waals surface area contributed by atoms with Gasteiger partial charge in [0.2, 0.25) is 11.8 Å². The van der Waals surface area contributed by atoms with E-state index in [0.29, 0.717) is 13.0 Å². The van der Waals surface area contributed by atoms with Crippen molar-refractivity contribution in [2.75, 3.05) is 11.4 Å². The molecule has 2 heterocycles. The highest BCUT2D eigenvalue weighted by Crippen LogP contribution is 2.42. The van der Waals surface area contributed by atoms with E-state index in [2.05, 4.69) is 16.4 Å². The van der Waals surface area contributed by atoms with Gasteiger partial charge in [0.25, 0.3) is 0 Å². The quantitative estimate of drug-likeness (QED) is 0.936. The number of carbonyl (C=O) groups excluding carboxylic acids is 2. The number of aromatic nitrogens is 1. The molecule has 1 fully saturated rings. The lowest BCUT2D eigenvalue weighted by Crippen LogP contribution is -2.33. The van der Waals surface area contributed by atoms with Crippen LogP contribution >= 0.6 is 0 Å². The Morgan fingerprint density at radius 2 is 1.96 bits per heavy atom. The smallest absolute Gasteiger partial charge is 0.230 e. The summed E-state index contributed by atoms with van der Waals surface area (Å²) in [4.78, 5) is 31.0. The number of pyridine rings is 1. The first-order valence-electron chi connectivity index (χ1n) is 8.31. The SMILES string of the molecule is O=C(NCc1ccccn1)C1CC1C(=O)N1CCc2ccccc21. The number of hydrogen-bond donors (Lipinski definition) is 1. The molecule has 24 heavy (non-hydrogen) atoms. The zero-order chi connectivity index (χ0) is 16.5. The Morgan fingerprint density at radius 3 is 2.79 bits per heavy atom. The molecule has 0 saturated heterocycles. The van der Waals surface area contributed by atoms with Gasteiger partial charge in [-0.2, -0.15) is 0 Å². The van der Waals surface area contributed by atoms with Gasteiger partial charge in [-0.15, -0.1) is 0 Å². The molecule has 5 heteroatoms. The van der Waals surface area contributed by atoms with Gasteiger partial charge in [-0.05, 0) is 36.6 Å². The third-order valence-electron chi connectivity index (χ3n) is 4.77. The zero-order valence-corrected chi connectivity index (χ0v) is 13.3. The van der Waals surface area contributed by atoms with Crippen LogP contribution in [0.1, 0.15) is 17.7 Å². The summed E-state index contributed by atoms with van der Waals surface area (Å²) in [7, 11) is 0. The minimum absolute atomic E-state index is 0.0496. The van der Waals surface area contributed by atoms with E-state index < -0.39 is 0 Å². The molecule has 5 nitrogen and oxygen atoms in total. The van der Waals surface area contributed by atoms with Gasteiger partial charge in [0.05, 0.1) is 24.1 Å². The maximum atomic E-state index is 12.7. The first kappa shape index (κ1) is 14.9. The van der Waals surface area contributed by atoms with Gasteiger partial charge in [0, 0.05) is 18.4 Å². The number of anilines is 1. The number of rotatable bonds is 4. The molecule has 1 aromatic carbocycles. The van der Waals surface area contributed by atoms with Crippen LogP contribution in [0.2, 0.25) is 0 Å². The molecule has 122 valence electrons. The fraction of sp³-hybridized carbons (Fsp3) is 0.316. The Labute approximate surface area is 140 Å². The summed E-state index contributed by atoms with van der Waals surface area (Å²) in [6, 6.07) is 13.6. The number of nitrogens with one attached hydrogen (secondary N) is 1. The lowest BCUT2D eigenvalue weighted by Gasteiger charge is -2.17. The van der Waals surface area contributed by atoms with E-state index in [-0.39, 0.29) is 23.7 Å². The summed E-state index contributed by atoms with van der Waals surface area (Å²) in [6.07, 6.45) is 3.24. The summed E-state index contributed by atoms with van der Waals surface area (Å²) in [5.74, 6) is -0.349. The predicted octanol–water partition coefficient (Wildman–Crippen LogP) is 1.92. The van der Waals surface area contributed by atoms with E-state index in [1.807, 2.05) is 41.3 Å². The van der Waals surface area contributed by atoms with Crippen molar-refractivity contribution in [1.82, 2.24) is 10.3 Å². The Morgan fingerprint density at radius 1 is 1.12 bits per heavy atom. The summed E-state index contributed by atoms with van der Waals surface area (Å²) in [6.45, 7) is 1.13. The monoisotopic (exact) mass is 321 g/mol. The van der Waals surface area contributed by atoms with Crippen LogP contribution < -0.4 is 10.2 Å². The van der Waals surface area contributed by atoms with Crippen molar-refractivity contribution in [1.29, 1.82) is 0 Å². The molecule has 1 N–H and O–H groups in total. The molecule has 1 aliphatic carbocycles. The molecular weight excluding hydrogens is 302 g/mol. The summed E-state index contributed by atoms with van der Waals surface area (Å²) < 4.78 is 0. The molecule has 0 radical (unpaired) electrons. The highest BCUT2D eigenvalue weighted by Gasteiger charge is 2.50. The fourth-order valence-electron chi connectivity index (χ4n) is 3.34. The van der Waals surface area contributed by atoms with Crippen LogP contribution in [0.15, 0.2) is 48.7 Å². The molecule has 2 aromatic rings. The van der Waals surface area contributed by atoms with Crippen molar-refractivity contribution in [3.05, 3.63) is 59.9 Å². The van der Waals surface area contributed by atoms with Crippen LogP contribution in [0.4, 0.5) is 5.69 Å². The molecule has 1 aromatic heterocycles. The minimum atomic E-state index is -0.200. The summed E-state index contributed by atoms with van der Waals surface area (Å²) >= 11 is 0. The fourth-order valence-corrected chi connectivity index (χ4v) is 3.34. The van der Waals surface area contributed by atoms with Crippen LogP contribution in [0, 0.1) is 11.8 Å². The van der Waals surface area contributed by atoms with Crippen molar-refractivity contribution in [3.63, 3.8) is 0 Å². The average Bonchev–Trinajstić information content (AvgIpc) is 3.32. The maximum Gasteiger partial charge on any atom is 0.230 e. The predicted molar refractivity (Wildman–Crippen MR) is 90.2 cm³/mol. The number of carbonyl (C=O) groups is 2. The summed E-state index contributed by atoms with van der Waals surface area (Å²) in [5, 5.41) is 2.88. The number of benzene rings is 1. The van der Waals surface area contributed by atoms with Crippen molar-refractivity contribution in [3.8, 4) is 0 Å². The second-order valence-corrected chi connectivity index (χ2v) is 6.36. The number of hydrogen-bond acceptors (Lipinski definition) is 3. The number of amides is 2. The van der Waals surface area contributed by atoms with Crippen molar-refractivity contribution < 1.29 is 9.59 Å². The van der Waals surface area contributed by atoms with Gasteiger partial charge >= 0.3 is 0 Å². The van der Waals surface area contributed by atoms with Crippen LogP contribution in [0.25, 0.3) is 0 Å². The van der Waals surface area contributed by atoms with E-state index in [1.165, 1.54) is 5.56 Å². The molecule has 2 amide bonds. The van der Waals surface area contributed by atoms with Crippen molar-refractivity contribution in [2.24, 2.45) is 11.8 Å². The van der Waals surface area contributed by atoms with Crippen LogP contribution in [0.5, 0.6) is 0 Å². The second kappa shape index (κ2) is 6.07. The van der Waals surface area contributed by atoms with Crippen LogP contribution in [0.3, 0.4) is 0 Å². The van der Waals surface area contributed by atoms with E-state index in [1.54, 1.807) is 6.20 Å². The van der Waals surface area contributed by atoms with E-state index in [0.717, 1.165) is 24.3 Å². The molecule has 1 saturated carbocycles. The van der Waals surface area contributed by atoms with Crippen molar-refractivity contribution in [2.45, 2.75) is 19.4 Å². The van der Waals surface area contributed by atoms with E-state index in [4.69, 9.17) is 0 Å². The number of para-hydroxylation sites is 1. The van der Waals surface area contributed by atoms with Crippen molar-refractivity contribution >= 4 is 17.5 Å². The van der Waals surface area contributed by atoms with Gasteiger partial charge in [0.15, 0.2) is 0 Å². The minimum Gasteiger partial charge on any atom is -0.350 e. The molecule has 2 atom stereocenters. The lowest BCUT2D eigenvalue weighted by atomic mass is 10.2. The Hall–Kier alpha value is -2.69. The molecular formula is C19H19N3O2. The Bertz CT molecular complexity index is 775. The van der Waals surface area contributed by atoms with Gasteiger partial charge in [-0.3, -0.25) is 14.6 Å². The van der Waals surface area contributed by atoms with Crippen LogP contribution in [-0.2, 0) is 22.6 Å². The largest absolute Gasteiger partial charge is 0.350 e. The first-order chi connectivity index (χ1) is 11.7. The van der Waals surface area contributed by atoms with E-state index >= 15 is 0 Å². The third kappa shape index (κ3) is 2.77. The second-order valence-electron chi connectivity index (χ2n) is 6.36.